The number of nitrogens with one attached hydrogen (secondary N) is 1. The van der Waals surface area contributed by atoms with Crippen LogP contribution in [0.25, 0.3) is 0 Å². The van der Waals surface area contributed by atoms with Gasteiger partial charge < -0.3 is 10.2 Å². The number of aryl methyl sites for hydroxylation is 1. The van der Waals surface area contributed by atoms with Crippen LogP contribution in [0, 0.1) is 0 Å². The fourth-order valence-corrected chi connectivity index (χ4v) is 3.29. The van der Waals surface area contributed by atoms with Gasteiger partial charge in [-0.15, -0.1) is 11.3 Å². The molecule has 1 heterocycles. The first-order chi connectivity index (χ1) is 11.7. The van der Waals surface area contributed by atoms with Crippen LogP contribution in [0.2, 0.25) is 0 Å². The van der Waals surface area contributed by atoms with Gasteiger partial charge in [0, 0.05) is 24.2 Å². The molecule has 5 heteroatoms. The average molecular weight is 346 g/mol. The molecule has 0 saturated heterocycles. The van der Waals surface area contributed by atoms with E-state index in [9.17, 15) is 4.79 Å². The highest BCUT2D eigenvalue weighted by atomic mass is 32.1. The number of benzene rings is 1. The van der Waals surface area contributed by atoms with Gasteiger partial charge in [0.2, 0.25) is 5.91 Å². The summed E-state index contributed by atoms with van der Waals surface area (Å²) in [6, 6.07) is 8.37. The molecule has 0 atom stereocenters. The molecule has 2 rings (SSSR count). The Labute approximate surface area is 148 Å². The summed E-state index contributed by atoms with van der Waals surface area (Å²) in [6.07, 6.45) is 3.40. The summed E-state index contributed by atoms with van der Waals surface area (Å²) in [5.41, 5.74) is 3.19. The molecule has 1 aromatic heterocycles. The molecule has 0 radical (unpaired) electrons. The Hall–Kier alpha value is -1.88. The fourth-order valence-electron chi connectivity index (χ4n) is 2.56. The Morgan fingerprint density at radius 1 is 1.12 bits per heavy atom. The van der Waals surface area contributed by atoms with E-state index in [0.29, 0.717) is 6.42 Å². The summed E-state index contributed by atoms with van der Waals surface area (Å²) >= 11 is 1.54. The molecule has 0 unspecified atom stereocenters. The number of amides is 1. The van der Waals surface area contributed by atoms with Crippen LogP contribution in [0.15, 0.2) is 29.6 Å². The van der Waals surface area contributed by atoms with Crippen molar-refractivity contribution in [3.8, 4) is 0 Å². The monoisotopic (exact) mass is 345 g/mol. The highest BCUT2D eigenvalue weighted by Crippen LogP contribution is 2.22. The molecule has 0 bridgehead atoms. The van der Waals surface area contributed by atoms with Crippen molar-refractivity contribution in [2.45, 2.75) is 46.5 Å². The summed E-state index contributed by atoms with van der Waals surface area (Å²) in [5, 5.41) is 6.11. The van der Waals surface area contributed by atoms with E-state index in [1.54, 1.807) is 11.3 Å². The maximum Gasteiger partial charge on any atom is 0.228 e. The van der Waals surface area contributed by atoms with Gasteiger partial charge in [0.1, 0.15) is 0 Å². The third kappa shape index (κ3) is 5.34. The molecule has 1 N–H and O–H groups in total. The summed E-state index contributed by atoms with van der Waals surface area (Å²) in [5.74, 6) is 0.169. The Kier molecular flexibility index (Phi) is 7.25. The second kappa shape index (κ2) is 9.42. The highest BCUT2D eigenvalue weighted by Gasteiger charge is 2.14. The van der Waals surface area contributed by atoms with Crippen LogP contribution in [0.5, 0.6) is 0 Å². The number of anilines is 2. The van der Waals surface area contributed by atoms with Crippen LogP contribution in [0.1, 0.15) is 44.9 Å². The lowest BCUT2D eigenvalue weighted by Crippen LogP contribution is -2.33. The van der Waals surface area contributed by atoms with Gasteiger partial charge >= 0.3 is 0 Å². The second-order valence-electron chi connectivity index (χ2n) is 5.88. The molecular weight excluding hydrogens is 318 g/mol. The maximum atomic E-state index is 12.4. The van der Waals surface area contributed by atoms with Gasteiger partial charge in [-0.1, -0.05) is 32.9 Å². The molecule has 4 nitrogen and oxygen atoms in total. The molecule has 0 saturated carbocycles. The van der Waals surface area contributed by atoms with Gasteiger partial charge in [-0.05, 0) is 37.0 Å². The number of carbonyl (C=O) groups excluding carboxylic acids is 1. The van der Waals surface area contributed by atoms with E-state index in [4.69, 9.17) is 0 Å². The molecule has 1 aromatic carbocycles. The minimum Gasteiger partial charge on any atom is -0.342 e. The fraction of sp³-hybridized carbons (Fsp3) is 0.474. The van der Waals surface area contributed by atoms with Gasteiger partial charge in [-0.2, -0.15) is 0 Å². The molecule has 0 aliphatic carbocycles. The first-order valence-corrected chi connectivity index (χ1v) is 9.62. The van der Waals surface area contributed by atoms with Crippen molar-refractivity contribution in [3.05, 3.63) is 40.9 Å². The first-order valence-electron chi connectivity index (χ1n) is 8.74. The van der Waals surface area contributed by atoms with Crippen molar-refractivity contribution in [1.82, 2.24) is 9.88 Å². The molecular formula is C19H27N3OS. The van der Waals surface area contributed by atoms with E-state index in [0.717, 1.165) is 48.9 Å². The van der Waals surface area contributed by atoms with Gasteiger partial charge in [0.05, 0.1) is 12.1 Å². The Morgan fingerprint density at radius 2 is 1.79 bits per heavy atom. The largest absolute Gasteiger partial charge is 0.342 e. The number of rotatable bonds is 9. The van der Waals surface area contributed by atoms with Crippen molar-refractivity contribution < 1.29 is 4.79 Å². The standard InChI is InChI=1S/C19H27N3OS/c1-4-11-22(12-5-2)18(23)13-17-14-24-19(21-17)20-16-9-7-15(6-3)8-10-16/h7-10,14H,4-6,11-13H2,1-3H3,(H,20,21). The summed E-state index contributed by atoms with van der Waals surface area (Å²) in [4.78, 5) is 18.9. The number of aromatic nitrogens is 1. The number of hydrogen-bond donors (Lipinski definition) is 1. The summed E-state index contributed by atoms with van der Waals surface area (Å²) in [6.45, 7) is 8.00. The minimum atomic E-state index is 0.169. The van der Waals surface area contributed by atoms with Crippen LogP contribution in [-0.2, 0) is 17.6 Å². The third-order valence-corrected chi connectivity index (χ3v) is 4.64. The zero-order chi connectivity index (χ0) is 17.4. The number of hydrogen-bond acceptors (Lipinski definition) is 4. The van der Waals surface area contributed by atoms with E-state index in [1.807, 2.05) is 10.3 Å². The van der Waals surface area contributed by atoms with E-state index < -0.39 is 0 Å². The van der Waals surface area contributed by atoms with Crippen molar-refractivity contribution in [1.29, 1.82) is 0 Å². The molecule has 0 spiro atoms. The van der Waals surface area contributed by atoms with Crippen LogP contribution in [0.3, 0.4) is 0 Å². The van der Waals surface area contributed by atoms with E-state index in [-0.39, 0.29) is 5.91 Å². The van der Waals surface area contributed by atoms with Gasteiger partial charge in [0.25, 0.3) is 0 Å². The lowest BCUT2D eigenvalue weighted by atomic mass is 10.1. The molecule has 0 aliphatic rings. The predicted molar refractivity (Wildman–Crippen MR) is 102 cm³/mol. The molecule has 0 fully saturated rings. The molecule has 1 amide bonds. The number of carbonyl (C=O) groups is 1. The minimum absolute atomic E-state index is 0.169. The van der Waals surface area contributed by atoms with Crippen LogP contribution in [-0.4, -0.2) is 28.9 Å². The van der Waals surface area contributed by atoms with E-state index in [1.165, 1.54) is 5.56 Å². The average Bonchev–Trinajstić information content (AvgIpc) is 3.02. The van der Waals surface area contributed by atoms with Gasteiger partial charge in [0.15, 0.2) is 5.13 Å². The van der Waals surface area contributed by atoms with E-state index >= 15 is 0 Å². The molecule has 0 aliphatic heterocycles. The van der Waals surface area contributed by atoms with Crippen molar-refractivity contribution in [2.75, 3.05) is 18.4 Å². The molecule has 2 aromatic rings. The van der Waals surface area contributed by atoms with Crippen molar-refractivity contribution in [2.24, 2.45) is 0 Å². The number of nitrogens with zero attached hydrogens (tertiary/aromatic N) is 2. The smallest absolute Gasteiger partial charge is 0.228 e. The van der Waals surface area contributed by atoms with Crippen LogP contribution in [0.4, 0.5) is 10.8 Å². The molecule has 24 heavy (non-hydrogen) atoms. The first kappa shape index (κ1) is 18.5. The maximum absolute atomic E-state index is 12.4. The zero-order valence-corrected chi connectivity index (χ0v) is 15.7. The van der Waals surface area contributed by atoms with Gasteiger partial charge in [-0.25, -0.2) is 4.98 Å². The SMILES string of the molecule is CCCN(CCC)C(=O)Cc1csc(Nc2ccc(CC)cc2)n1. The number of thiazole rings is 1. The van der Waals surface area contributed by atoms with Crippen LogP contribution < -0.4 is 5.32 Å². The lowest BCUT2D eigenvalue weighted by Gasteiger charge is -2.20. The highest BCUT2D eigenvalue weighted by molar-refractivity contribution is 7.13. The van der Waals surface area contributed by atoms with Crippen LogP contribution >= 0.6 is 11.3 Å². The lowest BCUT2D eigenvalue weighted by molar-refractivity contribution is -0.130. The quantitative estimate of drug-likeness (QED) is 0.720. The predicted octanol–water partition coefficient (Wildman–Crippen LogP) is 4.64. The van der Waals surface area contributed by atoms with Crippen molar-refractivity contribution >= 4 is 28.1 Å². The zero-order valence-electron chi connectivity index (χ0n) is 14.8. The topological polar surface area (TPSA) is 45.2 Å². The normalized spacial score (nSPS) is 10.6. The molecule has 130 valence electrons. The summed E-state index contributed by atoms with van der Waals surface area (Å²) in [7, 11) is 0. The second-order valence-corrected chi connectivity index (χ2v) is 6.74. The Balaban J connectivity index is 1.95. The Bertz CT molecular complexity index is 630. The third-order valence-electron chi connectivity index (χ3n) is 3.84. The Morgan fingerprint density at radius 3 is 2.38 bits per heavy atom. The van der Waals surface area contributed by atoms with Crippen molar-refractivity contribution in [3.63, 3.8) is 0 Å². The van der Waals surface area contributed by atoms with E-state index in [2.05, 4.69) is 55.3 Å². The summed E-state index contributed by atoms with van der Waals surface area (Å²) < 4.78 is 0. The van der Waals surface area contributed by atoms with Gasteiger partial charge in [-0.3, -0.25) is 4.79 Å².